The second-order valence-electron chi connectivity index (χ2n) is 14.9. The summed E-state index contributed by atoms with van der Waals surface area (Å²) in [7, 11) is 1.53. The first kappa shape index (κ1) is 25.3. The van der Waals surface area contributed by atoms with Crippen molar-refractivity contribution in [3.05, 3.63) is 12.7 Å². The second kappa shape index (κ2) is 7.86. The van der Waals surface area contributed by atoms with Crippen molar-refractivity contribution in [2.24, 2.45) is 50.2 Å². The van der Waals surface area contributed by atoms with Crippen molar-refractivity contribution >= 4 is 5.97 Å². The molecule has 4 aliphatic rings. The third kappa shape index (κ3) is 3.58. The summed E-state index contributed by atoms with van der Waals surface area (Å²) >= 11 is 0. The molecule has 0 aromatic rings. The molecule has 188 valence electrons. The fourth-order valence-corrected chi connectivity index (χ4v) is 10.4. The Labute approximate surface area is 204 Å². The Morgan fingerprint density at radius 3 is 2.12 bits per heavy atom. The molecule has 2 heteroatoms. The highest BCUT2D eigenvalue weighted by molar-refractivity contribution is 5.69. The number of fused-ring (bicyclic) bond motifs is 5. The van der Waals surface area contributed by atoms with Gasteiger partial charge in [-0.1, -0.05) is 54.5 Å². The number of hydrogen-bond acceptors (Lipinski definition) is 2. The van der Waals surface area contributed by atoms with E-state index in [-0.39, 0.29) is 16.8 Å². The number of methoxy groups -OCH3 is 1. The van der Waals surface area contributed by atoms with Crippen LogP contribution in [0.15, 0.2) is 12.7 Å². The average Bonchev–Trinajstić information content (AvgIpc) is 2.76. The molecule has 2 nitrogen and oxygen atoms in total. The minimum Gasteiger partial charge on any atom is -0.469 e. The highest BCUT2D eigenvalue weighted by Crippen LogP contribution is 2.77. The smallest absolute Gasteiger partial charge is 0.305 e. The molecule has 8 atom stereocenters. The van der Waals surface area contributed by atoms with Gasteiger partial charge in [0.25, 0.3) is 0 Å². The van der Waals surface area contributed by atoms with Gasteiger partial charge in [0, 0.05) is 6.42 Å². The molecule has 0 spiro atoms. The Balaban J connectivity index is 1.73. The zero-order valence-corrected chi connectivity index (χ0v) is 23.1. The van der Waals surface area contributed by atoms with Crippen molar-refractivity contribution in [1.29, 1.82) is 0 Å². The SMILES string of the molecule is C=C[C@@]1(C)CC[C@H]2[C@@](C)(CC[C@@]3(C)[C@@H]4CC(C)(C)CC[C@@]4(C)CC[C@]23C)[C@@H]1CCC(=O)OC. The Bertz CT molecular complexity index is 799. The van der Waals surface area contributed by atoms with E-state index < -0.39 is 0 Å². The van der Waals surface area contributed by atoms with Crippen LogP contribution in [0.5, 0.6) is 0 Å². The summed E-state index contributed by atoms with van der Waals surface area (Å²) in [4.78, 5) is 12.2. The van der Waals surface area contributed by atoms with Crippen LogP contribution < -0.4 is 0 Å². The molecule has 4 fully saturated rings. The lowest BCUT2D eigenvalue weighted by molar-refractivity contribution is -0.247. The van der Waals surface area contributed by atoms with E-state index in [2.05, 4.69) is 61.1 Å². The van der Waals surface area contributed by atoms with E-state index in [0.29, 0.717) is 34.0 Å². The van der Waals surface area contributed by atoms with Crippen LogP contribution in [0.1, 0.15) is 119 Å². The molecule has 33 heavy (non-hydrogen) atoms. The Morgan fingerprint density at radius 2 is 1.48 bits per heavy atom. The molecule has 4 rings (SSSR count). The van der Waals surface area contributed by atoms with E-state index in [1.807, 2.05) is 0 Å². The monoisotopic (exact) mass is 456 g/mol. The normalized spacial score (nSPS) is 51.0. The molecule has 0 saturated heterocycles. The number of rotatable bonds is 4. The predicted molar refractivity (Wildman–Crippen MR) is 138 cm³/mol. The van der Waals surface area contributed by atoms with Gasteiger partial charge < -0.3 is 4.74 Å². The summed E-state index contributed by atoms with van der Waals surface area (Å²) in [6.45, 7) is 22.4. The molecular weight excluding hydrogens is 404 g/mol. The maximum Gasteiger partial charge on any atom is 0.305 e. The predicted octanol–water partition coefficient (Wildman–Crippen LogP) is 8.60. The fourth-order valence-electron chi connectivity index (χ4n) is 10.4. The number of ether oxygens (including phenoxy) is 1. The van der Waals surface area contributed by atoms with E-state index in [0.717, 1.165) is 18.3 Å². The zero-order valence-electron chi connectivity index (χ0n) is 23.1. The van der Waals surface area contributed by atoms with Crippen molar-refractivity contribution in [2.75, 3.05) is 7.11 Å². The van der Waals surface area contributed by atoms with E-state index in [4.69, 9.17) is 4.74 Å². The Kier molecular flexibility index (Phi) is 6.03. The fraction of sp³-hybridized carbons (Fsp3) is 0.903. The minimum absolute atomic E-state index is 0.0585. The van der Waals surface area contributed by atoms with Crippen LogP contribution in [-0.4, -0.2) is 13.1 Å². The third-order valence-electron chi connectivity index (χ3n) is 12.9. The van der Waals surface area contributed by atoms with Crippen LogP contribution in [0.4, 0.5) is 0 Å². The molecule has 0 N–H and O–H groups in total. The van der Waals surface area contributed by atoms with Gasteiger partial charge in [-0.05, 0) is 114 Å². The number of esters is 1. The van der Waals surface area contributed by atoms with Gasteiger partial charge >= 0.3 is 5.97 Å². The first-order valence-corrected chi connectivity index (χ1v) is 13.9. The van der Waals surface area contributed by atoms with Gasteiger partial charge in [0.1, 0.15) is 0 Å². The summed E-state index contributed by atoms with van der Waals surface area (Å²) in [6, 6.07) is 0. The van der Waals surface area contributed by atoms with Gasteiger partial charge in [-0.2, -0.15) is 0 Å². The van der Waals surface area contributed by atoms with Crippen molar-refractivity contribution < 1.29 is 9.53 Å². The van der Waals surface area contributed by atoms with Crippen LogP contribution in [-0.2, 0) is 9.53 Å². The summed E-state index contributed by atoms with van der Waals surface area (Å²) in [6.07, 6.45) is 15.8. The number of hydrogen-bond donors (Lipinski definition) is 0. The van der Waals surface area contributed by atoms with Gasteiger partial charge in [0.2, 0.25) is 0 Å². The molecule has 0 amide bonds. The molecule has 0 aromatic carbocycles. The molecule has 0 aliphatic heterocycles. The second-order valence-corrected chi connectivity index (χ2v) is 14.9. The van der Waals surface area contributed by atoms with Crippen LogP contribution in [0.3, 0.4) is 0 Å². The highest BCUT2D eigenvalue weighted by Gasteiger charge is 2.69. The Hall–Kier alpha value is -0.790. The number of carbonyl (C=O) groups excluding carboxylic acids is 1. The zero-order chi connectivity index (χ0) is 24.5. The molecule has 0 radical (unpaired) electrons. The van der Waals surface area contributed by atoms with Crippen molar-refractivity contribution in [2.45, 2.75) is 119 Å². The lowest BCUT2D eigenvalue weighted by atomic mass is 9.31. The van der Waals surface area contributed by atoms with Crippen LogP contribution in [0.25, 0.3) is 0 Å². The largest absolute Gasteiger partial charge is 0.469 e. The average molecular weight is 457 g/mol. The topological polar surface area (TPSA) is 26.3 Å². The van der Waals surface area contributed by atoms with E-state index in [1.54, 1.807) is 0 Å². The first-order valence-electron chi connectivity index (χ1n) is 13.9. The van der Waals surface area contributed by atoms with Crippen LogP contribution in [0, 0.1) is 50.2 Å². The van der Waals surface area contributed by atoms with Gasteiger partial charge in [0.15, 0.2) is 0 Å². The van der Waals surface area contributed by atoms with Gasteiger partial charge in [0.05, 0.1) is 7.11 Å². The van der Waals surface area contributed by atoms with Crippen molar-refractivity contribution in [3.8, 4) is 0 Å². The molecule has 0 unspecified atom stereocenters. The number of allylic oxidation sites excluding steroid dienone is 1. The van der Waals surface area contributed by atoms with Crippen molar-refractivity contribution in [1.82, 2.24) is 0 Å². The molecule has 4 saturated carbocycles. The molecule has 4 aliphatic carbocycles. The van der Waals surface area contributed by atoms with E-state index in [1.165, 1.54) is 64.9 Å². The molecule has 0 heterocycles. The lowest BCUT2D eigenvalue weighted by Gasteiger charge is -2.74. The van der Waals surface area contributed by atoms with Gasteiger partial charge in [-0.3, -0.25) is 4.79 Å². The maximum atomic E-state index is 12.2. The van der Waals surface area contributed by atoms with Crippen LogP contribution >= 0.6 is 0 Å². The maximum absolute atomic E-state index is 12.2. The van der Waals surface area contributed by atoms with E-state index in [9.17, 15) is 4.79 Å². The summed E-state index contributed by atoms with van der Waals surface area (Å²) in [5, 5.41) is 0. The highest BCUT2D eigenvalue weighted by atomic mass is 16.5. The lowest BCUT2D eigenvalue weighted by Crippen LogP contribution is -2.66. The standard InChI is InChI=1S/C31H52O2/c1-10-27(4)14-13-23-29(6,22(27)11-12-25(32)33-9)18-20-31(8)24-21-26(2,3)15-16-28(24,5)17-19-30(23,31)7/h10,22-24H,1,11-21H2,2-9H3/t22-,23+,24-,27+,28+,29+,30-,31+/m1/s1. The van der Waals surface area contributed by atoms with E-state index >= 15 is 0 Å². The summed E-state index contributed by atoms with van der Waals surface area (Å²) in [5.74, 6) is 2.00. The quantitative estimate of drug-likeness (QED) is 0.313. The van der Waals surface area contributed by atoms with Gasteiger partial charge in [-0.15, -0.1) is 6.58 Å². The molecule has 0 aromatic heterocycles. The van der Waals surface area contributed by atoms with Gasteiger partial charge in [-0.25, -0.2) is 0 Å². The molecular formula is C31H52O2. The Morgan fingerprint density at radius 1 is 0.879 bits per heavy atom. The van der Waals surface area contributed by atoms with Crippen molar-refractivity contribution in [3.63, 3.8) is 0 Å². The minimum atomic E-state index is -0.0585. The molecule has 0 bridgehead atoms. The number of carbonyl (C=O) groups is 1. The van der Waals surface area contributed by atoms with Crippen LogP contribution in [0.2, 0.25) is 0 Å². The first-order chi connectivity index (χ1) is 15.2. The summed E-state index contributed by atoms with van der Waals surface area (Å²) < 4.78 is 5.06. The summed E-state index contributed by atoms with van der Waals surface area (Å²) in [5.41, 5.74) is 2.16. The third-order valence-corrected chi connectivity index (χ3v) is 12.9.